The lowest BCUT2D eigenvalue weighted by molar-refractivity contribution is -0.114. The number of amides is 1. The summed E-state index contributed by atoms with van der Waals surface area (Å²) in [5.74, 6) is -0.624. The zero-order valence-electron chi connectivity index (χ0n) is 21.6. The third-order valence-corrected chi connectivity index (χ3v) is 6.18. The Balaban J connectivity index is 1.67. The highest BCUT2D eigenvalue weighted by atomic mass is 35.5. The summed E-state index contributed by atoms with van der Waals surface area (Å²) in [7, 11) is 1.85. The van der Waals surface area contributed by atoms with Crippen LogP contribution in [-0.4, -0.2) is 36.1 Å². The normalized spacial score (nSPS) is 10.7. The second kappa shape index (κ2) is 13.3. The molecule has 2 aromatic heterocycles. The van der Waals surface area contributed by atoms with Gasteiger partial charge in [0.15, 0.2) is 11.6 Å². The predicted octanol–water partition coefficient (Wildman–Crippen LogP) is 6.22. The van der Waals surface area contributed by atoms with E-state index in [1.807, 2.05) is 7.05 Å². The molecule has 206 valence electrons. The number of aromatic nitrogens is 2. The fourth-order valence-corrected chi connectivity index (χ4v) is 4.21. The molecule has 0 aliphatic rings. The van der Waals surface area contributed by atoms with Crippen molar-refractivity contribution >= 4 is 57.1 Å². The average molecular weight is 583 g/mol. The summed E-state index contributed by atoms with van der Waals surface area (Å²) in [6, 6.07) is 13.0. The molecule has 0 saturated heterocycles. The minimum absolute atomic E-state index is 0.0144. The van der Waals surface area contributed by atoms with Crippen LogP contribution < -0.4 is 25.4 Å². The number of nitrogens with one attached hydrogen (secondary N) is 3. The van der Waals surface area contributed by atoms with E-state index >= 15 is 4.39 Å². The van der Waals surface area contributed by atoms with E-state index in [0.717, 1.165) is 13.0 Å². The molecule has 3 N–H and O–H groups in total. The first kappa shape index (κ1) is 28.8. The SMILES string of the molecule is CNCCCOc1cc2ncc(C#N)c(Nc3cc(F)c(OCc4cccc(Cl)n4)cc3Cl)c2cc1NC(C)=O. The predicted molar refractivity (Wildman–Crippen MR) is 153 cm³/mol. The van der Waals surface area contributed by atoms with Gasteiger partial charge in [-0.05, 0) is 38.2 Å². The largest absolute Gasteiger partial charge is 0.491 e. The van der Waals surface area contributed by atoms with E-state index in [-0.39, 0.29) is 34.5 Å². The van der Waals surface area contributed by atoms with E-state index in [1.165, 1.54) is 25.3 Å². The number of pyridine rings is 2. The van der Waals surface area contributed by atoms with Crippen LogP contribution in [0.5, 0.6) is 11.5 Å². The lowest BCUT2D eigenvalue weighted by Gasteiger charge is -2.17. The third kappa shape index (κ3) is 7.07. The van der Waals surface area contributed by atoms with Crippen LogP contribution in [0.1, 0.15) is 24.6 Å². The van der Waals surface area contributed by atoms with Gasteiger partial charge in [-0.3, -0.25) is 9.78 Å². The van der Waals surface area contributed by atoms with Gasteiger partial charge in [-0.15, -0.1) is 0 Å². The molecule has 0 unspecified atom stereocenters. The summed E-state index contributed by atoms with van der Waals surface area (Å²) in [5, 5.41) is 19.6. The van der Waals surface area contributed by atoms with E-state index in [0.29, 0.717) is 45.5 Å². The van der Waals surface area contributed by atoms with Crippen LogP contribution in [0.15, 0.2) is 48.7 Å². The molecule has 0 spiro atoms. The van der Waals surface area contributed by atoms with E-state index in [9.17, 15) is 10.1 Å². The molecule has 4 rings (SSSR count). The van der Waals surface area contributed by atoms with Gasteiger partial charge in [-0.2, -0.15) is 5.26 Å². The third-order valence-electron chi connectivity index (χ3n) is 5.66. The zero-order valence-corrected chi connectivity index (χ0v) is 23.2. The van der Waals surface area contributed by atoms with Gasteiger partial charge in [0.05, 0.1) is 45.5 Å². The van der Waals surface area contributed by atoms with Crippen molar-refractivity contribution in [1.29, 1.82) is 5.26 Å². The van der Waals surface area contributed by atoms with Crippen LogP contribution >= 0.6 is 23.2 Å². The highest BCUT2D eigenvalue weighted by Crippen LogP contribution is 2.38. The highest BCUT2D eigenvalue weighted by molar-refractivity contribution is 6.33. The van der Waals surface area contributed by atoms with Crippen molar-refractivity contribution < 1.29 is 18.7 Å². The molecule has 4 aromatic rings. The first-order valence-electron chi connectivity index (χ1n) is 12.2. The molecule has 40 heavy (non-hydrogen) atoms. The van der Waals surface area contributed by atoms with Gasteiger partial charge in [0.25, 0.3) is 0 Å². The topological polar surface area (TPSA) is 121 Å². The number of carbonyl (C=O) groups excluding carboxylic acids is 1. The van der Waals surface area contributed by atoms with E-state index in [4.69, 9.17) is 32.7 Å². The molecule has 1 amide bonds. The Hall–Kier alpha value is -4.17. The smallest absolute Gasteiger partial charge is 0.221 e. The number of nitriles is 1. The maximum absolute atomic E-state index is 15.0. The van der Waals surface area contributed by atoms with Crippen molar-refractivity contribution in [3.8, 4) is 17.6 Å². The summed E-state index contributed by atoms with van der Waals surface area (Å²) in [4.78, 5) is 20.4. The minimum Gasteiger partial charge on any atom is -0.491 e. The van der Waals surface area contributed by atoms with Crippen molar-refractivity contribution in [1.82, 2.24) is 15.3 Å². The Morgan fingerprint density at radius 1 is 1.12 bits per heavy atom. The summed E-state index contributed by atoms with van der Waals surface area (Å²) in [6.07, 6.45) is 2.15. The van der Waals surface area contributed by atoms with Gasteiger partial charge in [0.1, 0.15) is 23.6 Å². The molecule has 0 bridgehead atoms. The molecular formula is C28H25Cl2FN6O3. The molecule has 9 nitrogen and oxygen atoms in total. The number of anilines is 3. The summed E-state index contributed by atoms with van der Waals surface area (Å²) < 4.78 is 26.5. The number of fused-ring (bicyclic) bond motifs is 1. The average Bonchev–Trinajstić information content (AvgIpc) is 2.92. The molecule has 0 radical (unpaired) electrons. The molecular weight excluding hydrogens is 558 g/mol. The van der Waals surface area contributed by atoms with Crippen LogP contribution in [0.4, 0.5) is 21.5 Å². The van der Waals surface area contributed by atoms with Crippen molar-refractivity contribution in [2.45, 2.75) is 20.0 Å². The van der Waals surface area contributed by atoms with Crippen LogP contribution in [0.3, 0.4) is 0 Å². The number of hydrogen-bond acceptors (Lipinski definition) is 8. The van der Waals surface area contributed by atoms with Crippen LogP contribution in [0.2, 0.25) is 10.2 Å². The molecule has 12 heteroatoms. The number of carbonyl (C=O) groups is 1. The first-order chi connectivity index (χ1) is 19.3. The van der Waals surface area contributed by atoms with Gasteiger partial charge in [-0.25, -0.2) is 9.37 Å². The number of halogens is 3. The molecule has 0 aliphatic heterocycles. The van der Waals surface area contributed by atoms with E-state index in [2.05, 4.69) is 32.0 Å². The second-order valence-corrected chi connectivity index (χ2v) is 9.43. The van der Waals surface area contributed by atoms with Gasteiger partial charge in [0, 0.05) is 36.7 Å². The molecule has 0 saturated carbocycles. The number of nitrogens with zero attached hydrogens (tertiary/aromatic N) is 3. The number of hydrogen-bond donors (Lipinski definition) is 3. The quantitative estimate of drug-likeness (QED) is 0.141. The summed E-state index contributed by atoms with van der Waals surface area (Å²) in [5.41, 5.74) is 2.13. The Morgan fingerprint density at radius 3 is 2.67 bits per heavy atom. The Morgan fingerprint density at radius 2 is 1.95 bits per heavy atom. The minimum atomic E-state index is -0.679. The van der Waals surface area contributed by atoms with Crippen LogP contribution in [-0.2, 0) is 11.4 Å². The van der Waals surface area contributed by atoms with Crippen molar-refractivity contribution in [2.24, 2.45) is 0 Å². The van der Waals surface area contributed by atoms with Gasteiger partial charge in [-0.1, -0.05) is 29.3 Å². The van der Waals surface area contributed by atoms with Gasteiger partial charge in [0.2, 0.25) is 5.91 Å². The number of rotatable bonds is 11. The first-order valence-corrected chi connectivity index (χ1v) is 13.0. The van der Waals surface area contributed by atoms with Crippen molar-refractivity contribution in [2.75, 3.05) is 30.8 Å². The molecule has 2 aromatic carbocycles. The molecule has 2 heterocycles. The number of ether oxygens (including phenoxy) is 2. The highest BCUT2D eigenvalue weighted by Gasteiger charge is 2.17. The standard InChI is InChI=1S/C28H25Cl2FN6O3/c1-16(38)35-24-9-19-22(12-26(24)39-8-4-7-33-2)34-14-17(13-32)28(19)37-23-11-21(31)25(10-20(23)29)40-15-18-5-3-6-27(30)36-18/h3,5-6,9-12,14,33H,4,7-8,15H2,1-2H3,(H,34,37)(H,35,38). The lowest BCUT2D eigenvalue weighted by Crippen LogP contribution is -2.13. The van der Waals surface area contributed by atoms with Crippen molar-refractivity contribution in [3.05, 3.63) is 75.9 Å². The van der Waals surface area contributed by atoms with Gasteiger partial charge < -0.3 is 25.4 Å². The molecule has 0 atom stereocenters. The lowest BCUT2D eigenvalue weighted by atomic mass is 10.1. The van der Waals surface area contributed by atoms with Crippen molar-refractivity contribution in [3.63, 3.8) is 0 Å². The zero-order chi connectivity index (χ0) is 28.6. The Bertz CT molecular complexity index is 1600. The maximum atomic E-state index is 15.0. The number of benzene rings is 2. The fraction of sp³-hybridized carbons (Fsp3) is 0.214. The van der Waals surface area contributed by atoms with Crippen LogP contribution in [0.25, 0.3) is 10.9 Å². The van der Waals surface area contributed by atoms with E-state index < -0.39 is 5.82 Å². The molecule has 0 aliphatic carbocycles. The summed E-state index contributed by atoms with van der Waals surface area (Å²) in [6.45, 7) is 2.54. The fourth-order valence-electron chi connectivity index (χ4n) is 3.83. The summed E-state index contributed by atoms with van der Waals surface area (Å²) >= 11 is 12.4. The van der Waals surface area contributed by atoms with Crippen LogP contribution in [0, 0.1) is 17.1 Å². The Kier molecular flexibility index (Phi) is 9.56. The maximum Gasteiger partial charge on any atom is 0.221 e. The monoisotopic (exact) mass is 582 g/mol. The second-order valence-electron chi connectivity index (χ2n) is 8.64. The Labute approximate surface area is 240 Å². The van der Waals surface area contributed by atoms with E-state index in [1.54, 1.807) is 30.3 Å². The van der Waals surface area contributed by atoms with Gasteiger partial charge >= 0.3 is 0 Å². The molecule has 0 fully saturated rings.